The van der Waals surface area contributed by atoms with E-state index in [1.54, 1.807) is 43.4 Å². The number of nitrogens with zero attached hydrogens (tertiary/aromatic N) is 1. The van der Waals surface area contributed by atoms with E-state index in [-0.39, 0.29) is 24.0 Å². The Hall–Kier alpha value is -2.95. The zero-order valence-corrected chi connectivity index (χ0v) is 13.6. The van der Waals surface area contributed by atoms with E-state index in [0.717, 1.165) is 0 Å². The van der Waals surface area contributed by atoms with Gasteiger partial charge in [0.2, 0.25) is 5.91 Å². The van der Waals surface area contributed by atoms with Gasteiger partial charge in [-0.1, -0.05) is 48.5 Å². The summed E-state index contributed by atoms with van der Waals surface area (Å²) < 4.78 is 0. The first kappa shape index (κ1) is 15.9. The number of para-hydroxylation sites is 1. The number of likely N-dealkylation sites (N-methyl/N-ethyl adjacent to an activating group) is 1. The number of anilines is 1. The van der Waals surface area contributed by atoms with Crippen LogP contribution < -0.4 is 10.2 Å². The van der Waals surface area contributed by atoms with Crippen molar-refractivity contribution in [3.05, 3.63) is 65.7 Å². The fourth-order valence-electron chi connectivity index (χ4n) is 3.24. The molecule has 1 aliphatic rings. The highest BCUT2D eigenvalue weighted by atomic mass is 16.2. The van der Waals surface area contributed by atoms with Crippen LogP contribution in [0.25, 0.3) is 0 Å². The molecule has 2 aromatic carbocycles. The first-order valence-corrected chi connectivity index (χ1v) is 7.70. The van der Waals surface area contributed by atoms with Crippen molar-refractivity contribution in [1.29, 1.82) is 0 Å². The summed E-state index contributed by atoms with van der Waals surface area (Å²) in [5.41, 5.74) is 0.514. The van der Waals surface area contributed by atoms with Gasteiger partial charge in [0.25, 0.3) is 5.91 Å². The maximum Gasteiger partial charge on any atom is 0.257 e. The Labute approximate surface area is 140 Å². The highest BCUT2D eigenvalue weighted by Crippen LogP contribution is 2.42. The number of ketones is 1. The zero-order chi connectivity index (χ0) is 17.3. The van der Waals surface area contributed by atoms with E-state index in [9.17, 15) is 14.4 Å². The Bertz CT molecular complexity index is 816. The number of carbonyl (C=O) groups is 3. The van der Waals surface area contributed by atoms with Crippen LogP contribution in [0.5, 0.6) is 0 Å². The molecule has 3 rings (SSSR count). The minimum Gasteiger partial charge on any atom is -0.338 e. The van der Waals surface area contributed by atoms with E-state index in [0.29, 0.717) is 16.8 Å². The first-order valence-electron chi connectivity index (χ1n) is 7.70. The van der Waals surface area contributed by atoms with Crippen molar-refractivity contribution < 1.29 is 14.4 Å². The molecule has 1 aliphatic heterocycles. The third kappa shape index (κ3) is 2.48. The van der Waals surface area contributed by atoms with Gasteiger partial charge in [0.05, 0.1) is 0 Å². The van der Waals surface area contributed by atoms with Crippen LogP contribution in [0.3, 0.4) is 0 Å². The molecule has 2 aromatic rings. The van der Waals surface area contributed by atoms with E-state index >= 15 is 0 Å². The minimum atomic E-state index is -1.36. The molecule has 24 heavy (non-hydrogen) atoms. The smallest absolute Gasteiger partial charge is 0.257 e. The molecule has 1 N–H and O–H groups in total. The largest absolute Gasteiger partial charge is 0.338 e. The molecular formula is C19H18N2O3. The molecule has 122 valence electrons. The van der Waals surface area contributed by atoms with Crippen LogP contribution >= 0.6 is 0 Å². The summed E-state index contributed by atoms with van der Waals surface area (Å²) in [6.07, 6.45) is -0.114. The molecule has 0 saturated carbocycles. The molecule has 0 unspecified atom stereocenters. The highest BCUT2D eigenvalue weighted by Gasteiger charge is 2.51. The zero-order valence-electron chi connectivity index (χ0n) is 13.6. The number of amides is 2. The number of hydrogen-bond donors (Lipinski definition) is 1. The van der Waals surface area contributed by atoms with E-state index in [2.05, 4.69) is 5.32 Å². The van der Waals surface area contributed by atoms with Crippen molar-refractivity contribution >= 4 is 23.3 Å². The average Bonchev–Trinajstić information content (AvgIpc) is 2.78. The summed E-state index contributed by atoms with van der Waals surface area (Å²) in [7, 11) is 1.65. The lowest BCUT2D eigenvalue weighted by Crippen LogP contribution is -2.53. The lowest BCUT2D eigenvalue weighted by Gasteiger charge is -2.28. The average molecular weight is 322 g/mol. The lowest BCUT2D eigenvalue weighted by atomic mass is 9.84. The predicted octanol–water partition coefficient (Wildman–Crippen LogP) is 2.27. The van der Waals surface area contributed by atoms with Crippen molar-refractivity contribution in [2.75, 3.05) is 11.9 Å². The summed E-state index contributed by atoms with van der Waals surface area (Å²) in [4.78, 5) is 39.0. The maximum atomic E-state index is 12.9. The summed E-state index contributed by atoms with van der Waals surface area (Å²) in [6, 6.07) is 16.0. The van der Waals surface area contributed by atoms with Crippen molar-refractivity contribution in [3.63, 3.8) is 0 Å². The van der Waals surface area contributed by atoms with E-state index in [1.807, 2.05) is 18.2 Å². The van der Waals surface area contributed by atoms with Crippen molar-refractivity contribution in [2.24, 2.45) is 0 Å². The number of carbonyl (C=O) groups excluding carboxylic acids is 3. The molecule has 0 aromatic heterocycles. The van der Waals surface area contributed by atoms with Gasteiger partial charge >= 0.3 is 0 Å². The fraction of sp³-hybridized carbons (Fsp3) is 0.211. The monoisotopic (exact) mass is 322 g/mol. The highest BCUT2D eigenvalue weighted by molar-refractivity contribution is 6.12. The minimum absolute atomic E-state index is 0.114. The molecular weight excluding hydrogens is 304 g/mol. The van der Waals surface area contributed by atoms with Crippen LogP contribution in [0.1, 0.15) is 29.3 Å². The molecule has 0 radical (unpaired) electrons. The number of benzene rings is 2. The molecule has 0 saturated heterocycles. The van der Waals surface area contributed by atoms with Crippen LogP contribution in [-0.2, 0) is 15.1 Å². The first-order chi connectivity index (χ1) is 11.5. The van der Waals surface area contributed by atoms with Crippen LogP contribution in [0.2, 0.25) is 0 Å². The Morgan fingerprint density at radius 2 is 1.67 bits per heavy atom. The topological polar surface area (TPSA) is 66.5 Å². The molecule has 0 spiro atoms. The molecule has 0 bridgehead atoms. The fourth-order valence-corrected chi connectivity index (χ4v) is 3.24. The third-order valence-corrected chi connectivity index (χ3v) is 4.31. The van der Waals surface area contributed by atoms with Crippen LogP contribution in [-0.4, -0.2) is 24.6 Å². The summed E-state index contributed by atoms with van der Waals surface area (Å²) in [6.45, 7) is 1.35. The van der Waals surface area contributed by atoms with Crippen LogP contribution in [0.4, 0.5) is 5.69 Å². The Morgan fingerprint density at radius 1 is 1.04 bits per heavy atom. The van der Waals surface area contributed by atoms with Crippen molar-refractivity contribution in [1.82, 2.24) is 5.32 Å². The normalized spacial score (nSPS) is 19.1. The number of nitrogens with one attached hydrogen (secondary N) is 1. The van der Waals surface area contributed by atoms with Gasteiger partial charge in [0.1, 0.15) is 0 Å². The maximum absolute atomic E-state index is 12.9. The van der Waals surface area contributed by atoms with Gasteiger partial charge in [-0.2, -0.15) is 0 Å². The summed E-state index contributed by atoms with van der Waals surface area (Å²) in [5, 5.41) is 2.74. The van der Waals surface area contributed by atoms with Gasteiger partial charge in [0, 0.05) is 37.2 Å². The van der Waals surface area contributed by atoms with Gasteiger partial charge in [0.15, 0.2) is 11.3 Å². The Balaban J connectivity index is 2.08. The Morgan fingerprint density at radius 3 is 2.33 bits per heavy atom. The van der Waals surface area contributed by atoms with Crippen LogP contribution in [0.15, 0.2) is 54.6 Å². The molecule has 0 aliphatic carbocycles. The Kier molecular flexibility index (Phi) is 3.93. The van der Waals surface area contributed by atoms with Gasteiger partial charge in [-0.15, -0.1) is 0 Å². The van der Waals surface area contributed by atoms with E-state index in [1.165, 1.54) is 11.8 Å². The second-order valence-corrected chi connectivity index (χ2v) is 5.93. The molecule has 1 heterocycles. The SMILES string of the molecule is CC(=O)N[C@@]1(CC(=O)c2ccccc2)C(=O)N(C)c2ccccc21. The lowest BCUT2D eigenvalue weighted by molar-refractivity contribution is -0.130. The third-order valence-electron chi connectivity index (χ3n) is 4.31. The molecule has 1 atom stereocenters. The molecule has 2 amide bonds. The van der Waals surface area contributed by atoms with Gasteiger partial charge in [-0.25, -0.2) is 0 Å². The molecule has 0 fully saturated rings. The molecule has 5 nitrogen and oxygen atoms in total. The van der Waals surface area contributed by atoms with Gasteiger partial charge in [-0.05, 0) is 6.07 Å². The number of rotatable bonds is 4. The van der Waals surface area contributed by atoms with Gasteiger partial charge in [-0.3, -0.25) is 14.4 Å². The number of Topliss-reactive ketones (excluding diaryl/α,β-unsaturated/α-hetero) is 1. The summed E-state index contributed by atoms with van der Waals surface area (Å²) in [5.74, 6) is -0.847. The van der Waals surface area contributed by atoms with Crippen molar-refractivity contribution in [3.8, 4) is 0 Å². The number of hydrogen-bond acceptors (Lipinski definition) is 3. The second kappa shape index (κ2) is 5.92. The van der Waals surface area contributed by atoms with Crippen molar-refractivity contribution in [2.45, 2.75) is 18.9 Å². The van der Waals surface area contributed by atoms with E-state index in [4.69, 9.17) is 0 Å². The van der Waals surface area contributed by atoms with Crippen LogP contribution in [0, 0.1) is 0 Å². The second-order valence-electron chi connectivity index (χ2n) is 5.93. The van der Waals surface area contributed by atoms with E-state index < -0.39 is 5.54 Å². The van der Waals surface area contributed by atoms with Gasteiger partial charge < -0.3 is 10.2 Å². The summed E-state index contributed by atoms with van der Waals surface area (Å²) >= 11 is 0. The quantitative estimate of drug-likeness (QED) is 0.878. The standard InChI is InChI=1S/C19H18N2O3/c1-13(22)20-19(12-17(23)14-8-4-3-5-9-14)15-10-6-7-11-16(15)21(2)18(19)24/h3-11H,12H2,1-2H3,(H,20,22)/t19-/m1/s1. The molecule has 5 heteroatoms. The predicted molar refractivity (Wildman–Crippen MR) is 90.7 cm³/mol. The number of fused-ring (bicyclic) bond motifs is 1.